The zero-order valence-electron chi connectivity index (χ0n) is 14.1. The molecular weight excluding hydrogens is 344 g/mol. The number of carbonyl (C=O) groups excluding carboxylic acids is 1. The molecule has 7 nitrogen and oxygen atoms in total. The van der Waals surface area contributed by atoms with Gasteiger partial charge in [-0.05, 0) is 38.1 Å². The Morgan fingerprint density at radius 3 is 2.12 bits per heavy atom. The first-order valence-corrected chi connectivity index (χ1v) is 9.03. The highest BCUT2D eigenvalue weighted by molar-refractivity contribution is 7.85. The normalized spacial score (nSPS) is 11.8. The minimum atomic E-state index is -4.25. The van der Waals surface area contributed by atoms with Gasteiger partial charge in [0, 0.05) is 5.56 Å². The maximum absolute atomic E-state index is 11.3. The molecule has 0 aliphatic carbocycles. The number of rotatable bonds is 5. The number of esters is 1. The summed E-state index contributed by atoms with van der Waals surface area (Å²) >= 11 is 0. The summed E-state index contributed by atoms with van der Waals surface area (Å²) in [5, 5.41) is 0. The summed E-state index contributed by atoms with van der Waals surface area (Å²) in [7, 11) is -4.25. The molecule has 0 fully saturated rings. The van der Waals surface area contributed by atoms with Gasteiger partial charge in [-0.2, -0.15) is 5.84 Å². The standard InChI is InChI=1S/C11H16N2O2.C6H6O3S/c1-3-15-11(14)10-6-4-9(5-7-10)8(2)13-12;7-10(8,9)6-4-2-1-3-5-6/h4-8,13H,3,12H2,1-2H3;1-5H,(H,7,8,9)/t8-;/m0./s1. The Morgan fingerprint density at radius 2 is 1.72 bits per heavy atom. The van der Waals surface area contributed by atoms with E-state index in [-0.39, 0.29) is 16.9 Å². The van der Waals surface area contributed by atoms with Crippen molar-refractivity contribution in [2.75, 3.05) is 6.61 Å². The molecule has 0 spiro atoms. The topological polar surface area (TPSA) is 126 Å². The van der Waals surface area contributed by atoms with Crippen molar-refractivity contribution in [3.63, 3.8) is 0 Å². The second-order valence-corrected chi connectivity index (χ2v) is 6.47. The minimum absolute atomic E-state index is 0.185. The molecule has 0 bridgehead atoms. The molecule has 136 valence electrons. The van der Waals surface area contributed by atoms with Gasteiger partial charge in [0.2, 0.25) is 0 Å². The molecular formula is C17H22N2O5S. The molecule has 25 heavy (non-hydrogen) atoms. The van der Waals surface area contributed by atoms with Gasteiger partial charge in [-0.25, -0.2) is 13.2 Å². The van der Waals surface area contributed by atoms with Crippen LogP contribution in [0.4, 0.5) is 0 Å². The Balaban J connectivity index is 0.000000271. The largest absolute Gasteiger partial charge is 0.744 e. The Kier molecular flexibility index (Phi) is 8.23. The van der Waals surface area contributed by atoms with E-state index in [2.05, 4.69) is 0 Å². The molecule has 2 aromatic rings. The number of ether oxygens (including phenoxy) is 1. The Morgan fingerprint density at radius 1 is 1.16 bits per heavy atom. The van der Waals surface area contributed by atoms with Crippen LogP contribution >= 0.6 is 0 Å². The van der Waals surface area contributed by atoms with E-state index >= 15 is 0 Å². The first-order valence-electron chi connectivity index (χ1n) is 7.62. The summed E-state index contributed by atoms with van der Waals surface area (Å²) in [5.41, 5.74) is 3.29. The van der Waals surface area contributed by atoms with Crippen molar-refractivity contribution >= 4 is 16.1 Å². The molecule has 4 N–H and O–H groups in total. The highest BCUT2D eigenvalue weighted by Gasteiger charge is 2.09. The van der Waals surface area contributed by atoms with Crippen LogP contribution in [0.1, 0.15) is 35.8 Å². The van der Waals surface area contributed by atoms with E-state index in [0.717, 1.165) is 5.56 Å². The van der Waals surface area contributed by atoms with Gasteiger partial charge in [0.05, 0.1) is 17.1 Å². The predicted octanol–water partition coefficient (Wildman–Crippen LogP) is 0.952. The molecule has 0 amide bonds. The first-order chi connectivity index (χ1) is 11.8. The highest BCUT2D eigenvalue weighted by Crippen LogP contribution is 2.10. The predicted molar refractivity (Wildman–Crippen MR) is 91.3 cm³/mol. The van der Waals surface area contributed by atoms with Crippen molar-refractivity contribution in [1.29, 1.82) is 0 Å². The van der Waals surface area contributed by atoms with Gasteiger partial charge >= 0.3 is 5.97 Å². The van der Waals surface area contributed by atoms with Crippen LogP contribution in [0.2, 0.25) is 0 Å². The van der Waals surface area contributed by atoms with Crippen LogP contribution in [0.25, 0.3) is 0 Å². The van der Waals surface area contributed by atoms with Crippen LogP contribution in [0, 0.1) is 0 Å². The van der Waals surface area contributed by atoms with Gasteiger partial charge in [0.15, 0.2) is 0 Å². The molecule has 0 aliphatic rings. The maximum Gasteiger partial charge on any atom is 0.338 e. The van der Waals surface area contributed by atoms with Gasteiger partial charge < -0.3 is 9.29 Å². The third-order valence-corrected chi connectivity index (χ3v) is 4.12. The number of nitrogens with two attached hydrogens (primary N) is 2. The second-order valence-electron chi connectivity index (χ2n) is 5.09. The van der Waals surface area contributed by atoms with Crippen molar-refractivity contribution in [2.24, 2.45) is 5.84 Å². The molecule has 8 heteroatoms. The molecule has 0 saturated carbocycles. The molecule has 0 radical (unpaired) electrons. The first kappa shape index (κ1) is 20.8. The summed E-state index contributed by atoms with van der Waals surface area (Å²) in [4.78, 5) is 11.2. The number of benzene rings is 2. The minimum Gasteiger partial charge on any atom is -0.744 e. The van der Waals surface area contributed by atoms with Gasteiger partial charge in [-0.1, -0.05) is 30.3 Å². The second kappa shape index (κ2) is 9.90. The number of hydrogen-bond acceptors (Lipinski definition) is 6. The smallest absolute Gasteiger partial charge is 0.338 e. The van der Waals surface area contributed by atoms with Crippen molar-refractivity contribution < 1.29 is 27.9 Å². The van der Waals surface area contributed by atoms with Crippen LogP contribution < -0.4 is 11.3 Å². The molecule has 0 aromatic heterocycles. The zero-order valence-corrected chi connectivity index (χ0v) is 14.9. The van der Waals surface area contributed by atoms with E-state index in [0.29, 0.717) is 12.2 Å². The van der Waals surface area contributed by atoms with E-state index in [1.165, 1.54) is 24.3 Å². The molecule has 1 atom stereocenters. The van der Waals surface area contributed by atoms with E-state index in [1.807, 2.05) is 19.1 Å². The Hall–Kier alpha value is -2.26. The molecule has 2 aromatic carbocycles. The average molecular weight is 366 g/mol. The molecule has 0 unspecified atom stereocenters. The highest BCUT2D eigenvalue weighted by atomic mass is 32.2. The fraction of sp³-hybridized carbons (Fsp3) is 0.235. The van der Waals surface area contributed by atoms with Crippen LogP contribution in [0.3, 0.4) is 0 Å². The summed E-state index contributed by atoms with van der Waals surface area (Å²) in [6, 6.07) is 14.7. The summed E-state index contributed by atoms with van der Waals surface area (Å²) in [5.74, 6) is 5.15. The molecule has 0 aliphatic heterocycles. The van der Waals surface area contributed by atoms with Gasteiger partial charge in [0.25, 0.3) is 0 Å². The maximum atomic E-state index is 11.3. The average Bonchev–Trinajstić information content (AvgIpc) is 2.62. The zero-order chi connectivity index (χ0) is 18.9. The molecule has 0 heterocycles. The quantitative estimate of drug-likeness (QED) is 0.351. The fourth-order valence-electron chi connectivity index (χ4n) is 1.84. The monoisotopic (exact) mass is 366 g/mol. The Labute approximate surface area is 147 Å². The lowest BCUT2D eigenvalue weighted by molar-refractivity contribution is -0.705. The van der Waals surface area contributed by atoms with Gasteiger partial charge in [0.1, 0.15) is 16.2 Å². The van der Waals surface area contributed by atoms with Crippen molar-refractivity contribution in [3.8, 4) is 0 Å². The van der Waals surface area contributed by atoms with Crippen molar-refractivity contribution in [2.45, 2.75) is 24.8 Å². The van der Waals surface area contributed by atoms with Crippen molar-refractivity contribution in [3.05, 3.63) is 65.7 Å². The molecule has 2 rings (SSSR count). The van der Waals surface area contributed by atoms with E-state index in [9.17, 15) is 17.8 Å². The SMILES string of the molecule is CCOC(=O)c1ccc([C@H](C)[NH2+]N)cc1.O=S(=O)([O-])c1ccccc1. The number of hydrogen-bond donors (Lipinski definition) is 2. The van der Waals surface area contributed by atoms with E-state index < -0.39 is 10.1 Å². The summed E-state index contributed by atoms with van der Waals surface area (Å²) in [6.45, 7) is 4.19. The third kappa shape index (κ3) is 7.02. The van der Waals surface area contributed by atoms with Gasteiger partial charge in [-0.3, -0.25) is 5.43 Å². The summed E-state index contributed by atoms with van der Waals surface area (Å²) in [6.07, 6.45) is 0. The molecule has 0 saturated heterocycles. The van der Waals surface area contributed by atoms with Gasteiger partial charge in [-0.15, -0.1) is 0 Å². The van der Waals surface area contributed by atoms with Crippen molar-refractivity contribution in [1.82, 2.24) is 0 Å². The van der Waals surface area contributed by atoms with E-state index in [1.54, 1.807) is 30.5 Å². The lowest BCUT2D eigenvalue weighted by Gasteiger charge is -2.07. The lowest BCUT2D eigenvalue weighted by atomic mass is 10.1. The number of carbonyl (C=O) groups is 1. The van der Waals surface area contributed by atoms with E-state index in [4.69, 9.17) is 10.6 Å². The van der Waals surface area contributed by atoms with Crippen LogP contribution in [0.5, 0.6) is 0 Å². The van der Waals surface area contributed by atoms with Crippen LogP contribution in [0.15, 0.2) is 59.5 Å². The van der Waals surface area contributed by atoms with Crippen LogP contribution in [-0.4, -0.2) is 25.5 Å². The summed E-state index contributed by atoms with van der Waals surface area (Å²) < 4.78 is 35.7. The lowest BCUT2D eigenvalue weighted by Crippen LogP contribution is -2.91. The number of quaternary nitrogens is 1. The van der Waals surface area contributed by atoms with Crippen LogP contribution in [-0.2, 0) is 14.9 Å². The Bertz CT molecular complexity index is 761. The third-order valence-electron chi connectivity index (χ3n) is 3.27. The fourth-order valence-corrected chi connectivity index (χ4v) is 2.33.